The summed E-state index contributed by atoms with van der Waals surface area (Å²) in [5.74, 6) is -0.0285. The van der Waals surface area contributed by atoms with Crippen molar-refractivity contribution in [3.8, 4) is 5.69 Å². The first-order valence-corrected chi connectivity index (χ1v) is 9.47. The molecule has 0 radical (unpaired) electrons. The van der Waals surface area contributed by atoms with E-state index in [0.717, 1.165) is 22.1 Å². The summed E-state index contributed by atoms with van der Waals surface area (Å²) in [6.07, 6.45) is 3.70. The molecule has 3 aromatic rings. The summed E-state index contributed by atoms with van der Waals surface area (Å²) >= 11 is 1.46. The van der Waals surface area contributed by atoms with Crippen LogP contribution in [0.15, 0.2) is 60.0 Å². The van der Waals surface area contributed by atoms with E-state index >= 15 is 0 Å². The van der Waals surface area contributed by atoms with Gasteiger partial charge in [-0.2, -0.15) is 0 Å². The fourth-order valence-corrected chi connectivity index (χ4v) is 3.71. The van der Waals surface area contributed by atoms with Gasteiger partial charge in [-0.15, -0.1) is 0 Å². The molecule has 2 aromatic carbocycles. The van der Waals surface area contributed by atoms with Crippen molar-refractivity contribution in [1.29, 1.82) is 0 Å². The molecular weight excluding hydrogens is 342 g/mol. The van der Waals surface area contributed by atoms with E-state index in [0.29, 0.717) is 0 Å². The number of hydrogen-bond acceptors (Lipinski definition) is 3. The normalized spacial score (nSPS) is 12.0. The van der Waals surface area contributed by atoms with Crippen LogP contribution in [0.25, 0.3) is 5.69 Å². The van der Waals surface area contributed by atoms with Crippen LogP contribution in [0.3, 0.4) is 0 Å². The fraction of sp³-hybridized carbons (Fsp3) is 0.238. The zero-order valence-corrected chi connectivity index (χ0v) is 16.3. The minimum Gasteiger partial charge on any atom is -0.325 e. The standard InChI is InChI=1S/C21H23N3OS/c1-14-11-15(2)13-18(12-14)24-10-9-22-21(24)26-17(4)20(25)23-19-8-6-5-7-16(19)3/h5-13,17H,1-4H3,(H,23,25). The Morgan fingerprint density at radius 2 is 1.81 bits per heavy atom. The van der Waals surface area contributed by atoms with Crippen molar-refractivity contribution in [3.05, 3.63) is 71.5 Å². The number of benzene rings is 2. The smallest absolute Gasteiger partial charge is 0.237 e. The molecule has 26 heavy (non-hydrogen) atoms. The van der Waals surface area contributed by atoms with Crippen LogP contribution in [0.2, 0.25) is 0 Å². The van der Waals surface area contributed by atoms with E-state index in [2.05, 4.69) is 42.3 Å². The van der Waals surface area contributed by atoms with Gasteiger partial charge in [0.2, 0.25) is 5.91 Å². The highest BCUT2D eigenvalue weighted by atomic mass is 32.2. The number of imidazole rings is 1. The highest BCUT2D eigenvalue weighted by Crippen LogP contribution is 2.26. The maximum Gasteiger partial charge on any atom is 0.237 e. The molecule has 3 rings (SSSR count). The van der Waals surface area contributed by atoms with Gasteiger partial charge >= 0.3 is 0 Å². The van der Waals surface area contributed by atoms with Crippen LogP contribution in [0.5, 0.6) is 0 Å². The number of amides is 1. The van der Waals surface area contributed by atoms with E-state index in [1.165, 1.54) is 22.9 Å². The largest absolute Gasteiger partial charge is 0.325 e. The third kappa shape index (κ3) is 4.17. The summed E-state index contributed by atoms with van der Waals surface area (Å²) in [6.45, 7) is 8.05. The molecule has 1 N–H and O–H groups in total. The lowest BCUT2D eigenvalue weighted by Crippen LogP contribution is -2.23. The van der Waals surface area contributed by atoms with Crippen LogP contribution < -0.4 is 5.32 Å². The molecule has 0 aliphatic heterocycles. The van der Waals surface area contributed by atoms with Gasteiger partial charge in [0, 0.05) is 23.8 Å². The number of rotatable bonds is 5. The topological polar surface area (TPSA) is 46.9 Å². The van der Waals surface area contributed by atoms with Gasteiger partial charge in [-0.25, -0.2) is 4.98 Å². The highest BCUT2D eigenvalue weighted by molar-refractivity contribution is 8.00. The second-order valence-electron chi connectivity index (χ2n) is 6.49. The summed E-state index contributed by atoms with van der Waals surface area (Å²) in [7, 11) is 0. The highest BCUT2D eigenvalue weighted by Gasteiger charge is 2.18. The van der Waals surface area contributed by atoms with Crippen LogP contribution in [0.4, 0.5) is 5.69 Å². The van der Waals surface area contributed by atoms with Crippen LogP contribution in [0, 0.1) is 20.8 Å². The molecular formula is C21H23N3OS. The number of anilines is 1. The van der Waals surface area contributed by atoms with Gasteiger partial charge in [0.15, 0.2) is 5.16 Å². The van der Waals surface area contributed by atoms with E-state index in [1.54, 1.807) is 6.20 Å². The predicted octanol–water partition coefficient (Wildman–Crippen LogP) is 4.92. The Morgan fingerprint density at radius 1 is 1.12 bits per heavy atom. The Kier molecular flexibility index (Phi) is 5.47. The number of thioether (sulfide) groups is 1. The van der Waals surface area contributed by atoms with Crippen molar-refractivity contribution >= 4 is 23.4 Å². The zero-order chi connectivity index (χ0) is 18.7. The summed E-state index contributed by atoms with van der Waals surface area (Å²) in [4.78, 5) is 17.0. The van der Waals surface area contributed by atoms with Crippen molar-refractivity contribution in [2.24, 2.45) is 0 Å². The predicted molar refractivity (Wildman–Crippen MR) is 108 cm³/mol. The average Bonchev–Trinajstić information content (AvgIpc) is 3.04. The van der Waals surface area contributed by atoms with Gasteiger partial charge in [-0.3, -0.25) is 9.36 Å². The van der Waals surface area contributed by atoms with Crippen molar-refractivity contribution in [2.75, 3.05) is 5.32 Å². The van der Waals surface area contributed by atoms with E-state index in [1.807, 2.05) is 48.9 Å². The number of carbonyl (C=O) groups is 1. The van der Waals surface area contributed by atoms with E-state index in [-0.39, 0.29) is 11.2 Å². The van der Waals surface area contributed by atoms with E-state index < -0.39 is 0 Å². The molecule has 0 bridgehead atoms. The number of nitrogens with zero attached hydrogens (tertiary/aromatic N) is 2. The van der Waals surface area contributed by atoms with Crippen molar-refractivity contribution in [2.45, 2.75) is 38.1 Å². The minimum absolute atomic E-state index is 0.0285. The Bertz CT molecular complexity index is 912. The van der Waals surface area contributed by atoms with Crippen molar-refractivity contribution in [1.82, 2.24) is 9.55 Å². The molecule has 0 fully saturated rings. The number of aromatic nitrogens is 2. The molecule has 0 aliphatic carbocycles. The molecule has 1 unspecified atom stereocenters. The molecule has 4 nitrogen and oxygen atoms in total. The Morgan fingerprint density at radius 3 is 2.50 bits per heavy atom. The molecule has 1 heterocycles. The second kappa shape index (κ2) is 7.79. The number of para-hydroxylation sites is 1. The summed E-state index contributed by atoms with van der Waals surface area (Å²) < 4.78 is 2.03. The van der Waals surface area contributed by atoms with E-state index in [9.17, 15) is 4.79 Å². The second-order valence-corrected chi connectivity index (χ2v) is 7.80. The number of aryl methyl sites for hydroxylation is 3. The maximum atomic E-state index is 12.6. The van der Waals surface area contributed by atoms with Crippen LogP contribution in [0.1, 0.15) is 23.6 Å². The summed E-state index contributed by atoms with van der Waals surface area (Å²) in [5, 5.41) is 3.55. The molecule has 0 aliphatic rings. The lowest BCUT2D eigenvalue weighted by Gasteiger charge is -2.15. The Labute approximate surface area is 158 Å². The number of carbonyl (C=O) groups excluding carboxylic acids is 1. The third-order valence-electron chi connectivity index (χ3n) is 4.15. The summed E-state index contributed by atoms with van der Waals surface area (Å²) in [6, 6.07) is 14.2. The van der Waals surface area contributed by atoms with Crippen molar-refractivity contribution in [3.63, 3.8) is 0 Å². The number of nitrogens with one attached hydrogen (secondary N) is 1. The van der Waals surface area contributed by atoms with Gasteiger partial charge < -0.3 is 5.32 Å². The van der Waals surface area contributed by atoms with Crippen LogP contribution in [-0.2, 0) is 4.79 Å². The summed E-state index contributed by atoms with van der Waals surface area (Å²) in [5.41, 5.74) is 5.37. The molecule has 0 saturated heterocycles. The molecule has 5 heteroatoms. The maximum absolute atomic E-state index is 12.6. The van der Waals surface area contributed by atoms with Crippen LogP contribution in [-0.4, -0.2) is 20.7 Å². The molecule has 134 valence electrons. The van der Waals surface area contributed by atoms with Gasteiger partial charge in [0.05, 0.1) is 5.25 Å². The first kappa shape index (κ1) is 18.3. The average molecular weight is 366 g/mol. The quantitative estimate of drug-likeness (QED) is 0.653. The molecule has 0 spiro atoms. The lowest BCUT2D eigenvalue weighted by atomic mass is 10.1. The van der Waals surface area contributed by atoms with Crippen molar-refractivity contribution < 1.29 is 4.79 Å². The molecule has 1 aromatic heterocycles. The van der Waals surface area contributed by atoms with Gasteiger partial charge in [0.1, 0.15) is 0 Å². The molecule has 1 amide bonds. The van der Waals surface area contributed by atoms with Gasteiger partial charge in [-0.1, -0.05) is 36.0 Å². The van der Waals surface area contributed by atoms with Gasteiger partial charge in [-0.05, 0) is 62.6 Å². The Hall–Kier alpha value is -2.53. The lowest BCUT2D eigenvalue weighted by molar-refractivity contribution is -0.115. The number of hydrogen-bond donors (Lipinski definition) is 1. The van der Waals surface area contributed by atoms with Gasteiger partial charge in [0.25, 0.3) is 0 Å². The monoisotopic (exact) mass is 365 g/mol. The molecule has 0 saturated carbocycles. The Balaban J connectivity index is 1.76. The fourth-order valence-electron chi connectivity index (χ4n) is 2.82. The first-order valence-electron chi connectivity index (χ1n) is 8.59. The van der Waals surface area contributed by atoms with E-state index in [4.69, 9.17) is 0 Å². The van der Waals surface area contributed by atoms with Crippen LogP contribution >= 0.6 is 11.8 Å². The SMILES string of the molecule is Cc1cc(C)cc(-n2ccnc2SC(C)C(=O)Nc2ccccc2C)c1. The first-order chi connectivity index (χ1) is 12.4. The minimum atomic E-state index is -0.262. The third-order valence-corrected chi connectivity index (χ3v) is 5.23. The zero-order valence-electron chi connectivity index (χ0n) is 15.5. The molecule has 1 atom stereocenters.